The molecule has 0 fully saturated rings. The molecular formula is C22H21N3O2. The standard InChI is InChI=1S/C22H21N3O2/c1-16(17-9-8-14-20(23)15-17)24-25-21(26)22(27,18-10-4-2-5-11-18)19-12-6-3-7-13-19/h2-15,27H,23H2,1H3,(H,25,26)/b24-16-. The van der Waals surface area contributed by atoms with Gasteiger partial charge in [0.1, 0.15) is 0 Å². The number of nitrogens with zero attached hydrogens (tertiary/aromatic N) is 1. The Balaban J connectivity index is 1.94. The van der Waals surface area contributed by atoms with Gasteiger partial charge in [-0.05, 0) is 35.7 Å². The number of nitrogen functional groups attached to an aromatic ring is 1. The molecule has 0 aromatic heterocycles. The van der Waals surface area contributed by atoms with Gasteiger partial charge in [0, 0.05) is 5.69 Å². The Morgan fingerprint density at radius 1 is 0.926 bits per heavy atom. The van der Waals surface area contributed by atoms with Crippen molar-refractivity contribution >= 4 is 17.3 Å². The van der Waals surface area contributed by atoms with E-state index in [-0.39, 0.29) is 0 Å². The molecule has 0 unspecified atom stereocenters. The SMILES string of the molecule is C/C(=N/NC(=O)C(O)(c1ccccc1)c1ccccc1)c1cccc(N)c1. The molecule has 1 amide bonds. The second-order valence-corrected chi connectivity index (χ2v) is 6.21. The number of aliphatic hydroxyl groups is 1. The van der Waals surface area contributed by atoms with Gasteiger partial charge in [-0.2, -0.15) is 5.10 Å². The number of hydrazone groups is 1. The van der Waals surface area contributed by atoms with Crippen LogP contribution >= 0.6 is 0 Å². The van der Waals surface area contributed by atoms with E-state index in [0.29, 0.717) is 22.5 Å². The second-order valence-electron chi connectivity index (χ2n) is 6.21. The highest BCUT2D eigenvalue weighted by atomic mass is 16.3. The Labute approximate surface area is 158 Å². The molecule has 0 aliphatic rings. The first-order chi connectivity index (χ1) is 13.0. The third-order valence-corrected chi connectivity index (χ3v) is 4.34. The summed E-state index contributed by atoms with van der Waals surface area (Å²) in [6.45, 7) is 1.76. The van der Waals surface area contributed by atoms with Gasteiger partial charge in [-0.25, -0.2) is 5.43 Å². The summed E-state index contributed by atoms with van der Waals surface area (Å²) in [5.41, 5.74) is 9.34. The van der Waals surface area contributed by atoms with E-state index in [1.807, 2.05) is 24.3 Å². The molecule has 0 aliphatic heterocycles. The maximum absolute atomic E-state index is 13.0. The Kier molecular flexibility index (Phi) is 5.33. The molecule has 0 saturated heterocycles. The zero-order valence-corrected chi connectivity index (χ0v) is 15.0. The number of nitrogens with two attached hydrogens (primary N) is 1. The van der Waals surface area contributed by atoms with Crippen molar-refractivity contribution < 1.29 is 9.90 Å². The molecule has 5 heteroatoms. The van der Waals surface area contributed by atoms with Crippen LogP contribution in [0.1, 0.15) is 23.6 Å². The minimum Gasteiger partial charge on any atom is -0.399 e. The van der Waals surface area contributed by atoms with Gasteiger partial charge < -0.3 is 10.8 Å². The number of amides is 1. The molecule has 4 N–H and O–H groups in total. The maximum Gasteiger partial charge on any atom is 0.281 e. The molecule has 0 saturated carbocycles. The van der Waals surface area contributed by atoms with Crippen LogP contribution in [0.3, 0.4) is 0 Å². The van der Waals surface area contributed by atoms with E-state index in [4.69, 9.17) is 5.73 Å². The van der Waals surface area contributed by atoms with Crippen LogP contribution in [-0.2, 0) is 10.4 Å². The van der Waals surface area contributed by atoms with Crippen LogP contribution in [0, 0.1) is 0 Å². The van der Waals surface area contributed by atoms with Gasteiger partial charge in [0.25, 0.3) is 5.91 Å². The second kappa shape index (κ2) is 7.85. The summed E-state index contributed by atoms with van der Waals surface area (Å²) in [4.78, 5) is 13.0. The van der Waals surface area contributed by atoms with Crippen LogP contribution in [0.2, 0.25) is 0 Å². The molecule has 0 radical (unpaired) electrons. The van der Waals surface area contributed by atoms with Crippen molar-refractivity contribution in [3.63, 3.8) is 0 Å². The predicted molar refractivity (Wildman–Crippen MR) is 107 cm³/mol. The summed E-state index contributed by atoms with van der Waals surface area (Å²) in [5.74, 6) is -0.636. The van der Waals surface area contributed by atoms with E-state index >= 15 is 0 Å². The van der Waals surface area contributed by atoms with Gasteiger partial charge in [0.2, 0.25) is 0 Å². The van der Waals surface area contributed by atoms with E-state index in [9.17, 15) is 9.90 Å². The average molecular weight is 359 g/mol. The number of nitrogens with one attached hydrogen (secondary N) is 1. The topological polar surface area (TPSA) is 87.7 Å². The highest BCUT2D eigenvalue weighted by Gasteiger charge is 2.39. The van der Waals surface area contributed by atoms with E-state index in [0.717, 1.165) is 5.56 Å². The van der Waals surface area contributed by atoms with E-state index in [1.165, 1.54) is 0 Å². The third kappa shape index (κ3) is 3.88. The molecule has 3 rings (SSSR count). The summed E-state index contributed by atoms with van der Waals surface area (Å²) < 4.78 is 0. The van der Waals surface area contributed by atoms with Crippen LogP contribution in [0.5, 0.6) is 0 Å². The number of hydrogen-bond donors (Lipinski definition) is 3. The minimum absolute atomic E-state index is 0.463. The van der Waals surface area contributed by atoms with E-state index < -0.39 is 11.5 Å². The van der Waals surface area contributed by atoms with E-state index in [2.05, 4.69) is 10.5 Å². The lowest BCUT2D eigenvalue weighted by atomic mass is 9.85. The third-order valence-electron chi connectivity index (χ3n) is 4.34. The van der Waals surface area contributed by atoms with Crippen LogP contribution in [-0.4, -0.2) is 16.7 Å². The first-order valence-corrected chi connectivity index (χ1v) is 8.56. The molecule has 0 bridgehead atoms. The largest absolute Gasteiger partial charge is 0.399 e. The zero-order valence-electron chi connectivity index (χ0n) is 15.0. The fraction of sp³-hybridized carbons (Fsp3) is 0.0909. The lowest BCUT2D eigenvalue weighted by Gasteiger charge is -2.27. The summed E-state index contributed by atoms with van der Waals surface area (Å²) in [7, 11) is 0. The smallest absolute Gasteiger partial charge is 0.281 e. The van der Waals surface area contributed by atoms with Crippen molar-refractivity contribution in [3.8, 4) is 0 Å². The number of carbonyl (C=O) groups excluding carboxylic acids is 1. The van der Waals surface area contributed by atoms with Crippen LogP contribution in [0.4, 0.5) is 5.69 Å². The Morgan fingerprint density at radius 3 is 2.00 bits per heavy atom. The Hall–Kier alpha value is -3.44. The van der Waals surface area contributed by atoms with Gasteiger partial charge in [0.05, 0.1) is 5.71 Å². The van der Waals surface area contributed by atoms with Crippen molar-refractivity contribution in [2.24, 2.45) is 5.10 Å². The molecule has 5 nitrogen and oxygen atoms in total. The molecular weight excluding hydrogens is 338 g/mol. The molecule has 0 aliphatic carbocycles. The highest BCUT2D eigenvalue weighted by molar-refractivity contribution is 6.00. The van der Waals surface area contributed by atoms with Gasteiger partial charge in [-0.15, -0.1) is 0 Å². The average Bonchev–Trinajstić information content (AvgIpc) is 2.72. The predicted octanol–water partition coefficient (Wildman–Crippen LogP) is 3.05. The quantitative estimate of drug-likeness (QED) is 0.372. The van der Waals surface area contributed by atoms with Crippen LogP contribution in [0.15, 0.2) is 90.0 Å². The number of benzene rings is 3. The van der Waals surface area contributed by atoms with Gasteiger partial charge in [-0.3, -0.25) is 4.79 Å². The van der Waals surface area contributed by atoms with Crippen molar-refractivity contribution in [3.05, 3.63) is 102 Å². The molecule has 0 heterocycles. The van der Waals surface area contributed by atoms with Crippen molar-refractivity contribution in [1.29, 1.82) is 0 Å². The molecule has 0 spiro atoms. The summed E-state index contributed by atoms with van der Waals surface area (Å²) in [5, 5.41) is 15.5. The number of carbonyl (C=O) groups is 1. The number of anilines is 1. The lowest BCUT2D eigenvalue weighted by molar-refractivity contribution is -0.136. The number of rotatable bonds is 5. The minimum atomic E-state index is -1.86. The fourth-order valence-corrected chi connectivity index (χ4v) is 2.83. The van der Waals surface area contributed by atoms with Gasteiger partial charge >= 0.3 is 0 Å². The lowest BCUT2D eigenvalue weighted by Crippen LogP contribution is -2.43. The first kappa shape index (κ1) is 18.4. The normalized spacial score (nSPS) is 11.9. The van der Waals surface area contributed by atoms with Gasteiger partial charge in [0.15, 0.2) is 5.60 Å². The highest BCUT2D eigenvalue weighted by Crippen LogP contribution is 2.29. The number of hydrogen-bond acceptors (Lipinski definition) is 4. The van der Waals surface area contributed by atoms with Crippen molar-refractivity contribution in [2.75, 3.05) is 5.73 Å². The molecule has 27 heavy (non-hydrogen) atoms. The Morgan fingerprint density at radius 2 is 1.48 bits per heavy atom. The van der Waals surface area contributed by atoms with Gasteiger partial charge in [-0.1, -0.05) is 72.8 Å². The summed E-state index contributed by atoms with van der Waals surface area (Å²) in [6, 6.07) is 24.8. The summed E-state index contributed by atoms with van der Waals surface area (Å²) >= 11 is 0. The fourth-order valence-electron chi connectivity index (χ4n) is 2.83. The Bertz CT molecular complexity index is 914. The summed E-state index contributed by atoms with van der Waals surface area (Å²) in [6.07, 6.45) is 0. The van der Waals surface area contributed by atoms with Crippen molar-refractivity contribution in [2.45, 2.75) is 12.5 Å². The molecule has 136 valence electrons. The van der Waals surface area contributed by atoms with Crippen LogP contribution < -0.4 is 11.2 Å². The first-order valence-electron chi connectivity index (χ1n) is 8.56. The van der Waals surface area contributed by atoms with Crippen LogP contribution in [0.25, 0.3) is 0 Å². The molecule has 3 aromatic rings. The van der Waals surface area contributed by atoms with E-state index in [1.54, 1.807) is 67.6 Å². The maximum atomic E-state index is 13.0. The van der Waals surface area contributed by atoms with Crippen molar-refractivity contribution in [1.82, 2.24) is 5.43 Å². The molecule has 0 atom stereocenters. The molecule has 3 aromatic carbocycles. The zero-order chi connectivity index (χ0) is 19.3. The monoisotopic (exact) mass is 359 g/mol.